The van der Waals surface area contributed by atoms with Gasteiger partial charge in [-0.2, -0.15) is 0 Å². The number of nitrogens with zero attached hydrogens (tertiary/aromatic N) is 1. The Kier molecular flexibility index (Phi) is 11.9. The normalized spacial score (nSPS) is 11.7. The topological polar surface area (TPSA) is 98.9 Å². The molecule has 3 rings (SSSR count). The van der Waals surface area contributed by atoms with Crippen LogP contribution in [0.3, 0.4) is 0 Å². The van der Waals surface area contributed by atoms with Crippen LogP contribution in [0.5, 0.6) is 0 Å². The molecule has 0 bridgehead atoms. The molecule has 0 aliphatic rings. The second-order valence-corrected chi connectivity index (χ2v) is 10.3. The first-order chi connectivity index (χ1) is 19.3. The molecule has 7 nitrogen and oxygen atoms in total. The molecule has 3 aromatic rings. The summed E-state index contributed by atoms with van der Waals surface area (Å²) in [5.74, 6) is -1.43. The van der Waals surface area contributed by atoms with Gasteiger partial charge >= 0.3 is 11.9 Å². The largest absolute Gasteiger partial charge is 0.465 e. The fourth-order valence-electron chi connectivity index (χ4n) is 4.38. The van der Waals surface area contributed by atoms with Crippen LogP contribution >= 0.6 is 15.9 Å². The van der Waals surface area contributed by atoms with Gasteiger partial charge in [-0.05, 0) is 64.8 Å². The third kappa shape index (κ3) is 8.26. The molecule has 0 aliphatic heterocycles. The molecule has 2 N–H and O–H groups in total. The van der Waals surface area contributed by atoms with Crippen LogP contribution < -0.4 is 5.73 Å². The third-order valence-corrected chi connectivity index (χ3v) is 7.44. The Labute approximate surface area is 244 Å². The molecule has 0 aromatic heterocycles. The number of esters is 2. The van der Waals surface area contributed by atoms with E-state index in [0.717, 1.165) is 24.2 Å². The van der Waals surface area contributed by atoms with E-state index in [2.05, 4.69) is 34.7 Å². The van der Waals surface area contributed by atoms with E-state index in [4.69, 9.17) is 15.2 Å². The smallest absolute Gasteiger partial charge is 0.338 e. The zero-order valence-corrected chi connectivity index (χ0v) is 24.9. The molecule has 1 unspecified atom stereocenters. The number of halogens is 1. The summed E-state index contributed by atoms with van der Waals surface area (Å²) < 4.78 is 11.6. The minimum absolute atomic E-state index is 0.0965. The first-order valence-electron chi connectivity index (χ1n) is 13.6. The van der Waals surface area contributed by atoms with Crippen molar-refractivity contribution >= 4 is 39.3 Å². The summed E-state index contributed by atoms with van der Waals surface area (Å²) in [5.41, 5.74) is 9.94. The second-order valence-electron chi connectivity index (χ2n) is 9.43. The average molecular weight is 610 g/mol. The number of rotatable bonds is 14. The van der Waals surface area contributed by atoms with Crippen LogP contribution in [-0.4, -0.2) is 48.9 Å². The van der Waals surface area contributed by atoms with E-state index in [9.17, 15) is 14.4 Å². The molecular weight excluding hydrogens is 572 g/mol. The van der Waals surface area contributed by atoms with Gasteiger partial charge in [0.15, 0.2) is 5.78 Å². The van der Waals surface area contributed by atoms with Gasteiger partial charge in [-0.15, -0.1) is 0 Å². The van der Waals surface area contributed by atoms with E-state index in [1.165, 1.54) is 0 Å². The molecule has 0 saturated carbocycles. The van der Waals surface area contributed by atoms with Gasteiger partial charge in [0.25, 0.3) is 0 Å². The highest BCUT2D eigenvalue weighted by Gasteiger charge is 2.22. The number of ether oxygens (including phenoxy) is 2. The molecule has 0 aliphatic carbocycles. The van der Waals surface area contributed by atoms with Crippen molar-refractivity contribution in [2.24, 2.45) is 0 Å². The number of benzene rings is 3. The maximum atomic E-state index is 12.9. The van der Waals surface area contributed by atoms with Gasteiger partial charge in [0.05, 0.1) is 30.4 Å². The molecule has 0 spiro atoms. The minimum atomic E-state index is -0.498. The number of carbonyl (C=O) groups is 3. The zero-order chi connectivity index (χ0) is 29.1. The predicted molar refractivity (Wildman–Crippen MR) is 160 cm³/mol. The second kappa shape index (κ2) is 15.3. The van der Waals surface area contributed by atoms with Crippen molar-refractivity contribution < 1.29 is 23.9 Å². The lowest BCUT2D eigenvalue weighted by Gasteiger charge is -2.20. The van der Waals surface area contributed by atoms with Crippen molar-refractivity contribution in [3.05, 3.63) is 99.0 Å². The van der Waals surface area contributed by atoms with Crippen LogP contribution in [0.1, 0.15) is 76.9 Å². The number of nitrogens with two attached hydrogens (primary N) is 1. The van der Waals surface area contributed by atoms with Crippen LogP contribution in [-0.2, 0) is 20.8 Å². The molecule has 212 valence electrons. The summed E-state index contributed by atoms with van der Waals surface area (Å²) in [5, 5.41) is 0. The number of carbonyl (C=O) groups excluding carboxylic acids is 3. The van der Waals surface area contributed by atoms with E-state index in [1.807, 2.05) is 31.2 Å². The Morgan fingerprint density at radius 1 is 0.850 bits per heavy atom. The van der Waals surface area contributed by atoms with Crippen molar-refractivity contribution in [1.82, 2.24) is 4.90 Å². The molecule has 8 heteroatoms. The fourth-order valence-corrected chi connectivity index (χ4v) is 4.88. The molecule has 0 heterocycles. The highest BCUT2D eigenvalue weighted by atomic mass is 79.9. The number of hydrogen-bond donors (Lipinski definition) is 1. The summed E-state index contributed by atoms with van der Waals surface area (Å²) in [6.07, 6.45) is 0.890. The van der Waals surface area contributed by atoms with E-state index >= 15 is 0 Å². The van der Waals surface area contributed by atoms with Crippen molar-refractivity contribution in [2.45, 2.75) is 46.1 Å². The minimum Gasteiger partial charge on any atom is -0.465 e. The Morgan fingerprint density at radius 2 is 1.52 bits per heavy atom. The standard InChI is InChI=1S/C32H37BrN2O5/c1-4-27(23-14-10-15-24(18-23)30(36)22-12-8-7-9-13-22)32(38)40-17-11-16-39-31(37)25-19-26(21-35(5-2)6-3)29(34)28(33)20-25/h7-10,12-15,18-20,27H,4-6,11,16-17,21,34H2,1-3H3. The number of ketones is 1. The van der Waals surface area contributed by atoms with Crippen LogP contribution in [0.15, 0.2) is 71.2 Å². The highest BCUT2D eigenvalue weighted by molar-refractivity contribution is 9.10. The molecular formula is C32H37BrN2O5. The Morgan fingerprint density at radius 3 is 2.20 bits per heavy atom. The maximum absolute atomic E-state index is 12.9. The fraction of sp³-hybridized carbons (Fsp3) is 0.344. The van der Waals surface area contributed by atoms with Crippen molar-refractivity contribution in [3.63, 3.8) is 0 Å². The lowest BCUT2D eigenvalue weighted by atomic mass is 9.93. The zero-order valence-electron chi connectivity index (χ0n) is 23.3. The Bertz CT molecular complexity index is 1310. The average Bonchev–Trinajstić information content (AvgIpc) is 2.98. The molecule has 3 aromatic carbocycles. The van der Waals surface area contributed by atoms with Gasteiger partial charge in [-0.1, -0.05) is 69.3 Å². The first-order valence-corrected chi connectivity index (χ1v) is 14.4. The molecule has 0 amide bonds. The van der Waals surface area contributed by atoms with Crippen LogP contribution in [0.2, 0.25) is 0 Å². The van der Waals surface area contributed by atoms with Gasteiger partial charge in [-0.3, -0.25) is 14.5 Å². The lowest BCUT2D eigenvalue weighted by Crippen LogP contribution is -2.23. The van der Waals surface area contributed by atoms with E-state index in [-0.39, 0.29) is 25.0 Å². The van der Waals surface area contributed by atoms with E-state index in [0.29, 0.717) is 46.2 Å². The predicted octanol–water partition coefficient (Wildman–Crippen LogP) is 6.39. The quantitative estimate of drug-likeness (QED) is 0.0979. The number of hydrogen-bond acceptors (Lipinski definition) is 7. The van der Waals surface area contributed by atoms with Crippen molar-refractivity contribution in [2.75, 3.05) is 32.0 Å². The van der Waals surface area contributed by atoms with Crippen molar-refractivity contribution in [1.29, 1.82) is 0 Å². The Hall–Kier alpha value is -3.49. The summed E-state index contributed by atoms with van der Waals surface area (Å²) in [7, 11) is 0. The first kappa shape index (κ1) is 31.0. The highest BCUT2D eigenvalue weighted by Crippen LogP contribution is 2.27. The number of anilines is 1. The van der Waals surface area contributed by atoms with Gasteiger partial charge in [0.1, 0.15) is 0 Å². The SMILES string of the molecule is CCC(C(=O)OCCCOC(=O)c1cc(Br)c(N)c(CN(CC)CC)c1)c1cccc(C(=O)c2ccccc2)c1. The van der Waals surface area contributed by atoms with Gasteiger partial charge in [0.2, 0.25) is 0 Å². The van der Waals surface area contributed by atoms with E-state index in [1.54, 1.807) is 42.5 Å². The van der Waals surface area contributed by atoms with Crippen molar-refractivity contribution in [3.8, 4) is 0 Å². The number of nitrogen functional groups attached to an aromatic ring is 1. The lowest BCUT2D eigenvalue weighted by molar-refractivity contribution is -0.145. The van der Waals surface area contributed by atoms with Crippen LogP contribution in [0.25, 0.3) is 0 Å². The van der Waals surface area contributed by atoms with Gasteiger partial charge in [0, 0.05) is 28.6 Å². The Balaban J connectivity index is 1.53. The van der Waals surface area contributed by atoms with Crippen LogP contribution in [0.4, 0.5) is 5.69 Å². The molecule has 0 radical (unpaired) electrons. The molecule has 0 saturated heterocycles. The molecule has 40 heavy (non-hydrogen) atoms. The molecule has 0 fully saturated rings. The summed E-state index contributed by atoms with van der Waals surface area (Å²) >= 11 is 3.44. The summed E-state index contributed by atoms with van der Waals surface area (Å²) in [6.45, 7) is 8.66. The monoisotopic (exact) mass is 608 g/mol. The summed E-state index contributed by atoms with van der Waals surface area (Å²) in [4.78, 5) is 40.6. The van der Waals surface area contributed by atoms with E-state index < -0.39 is 11.9 Å². The van der Waals surface area contributed by atoms with Gasteiger partial charge in [-0.25, -0.2) is 4.79 Å². The third-order valence-electron chi connectivity index (χ3n) is 6.79. The molecule has 1 atom stereocenters. The van der Waals surface area contributed by atoms with Gasteiger partial charge < -0.3 is 15.2 Å². The van der Waals surface area contributed by atoms with Crippen LogP contribution in [0, 0.1) is 0 Å². The maximum Gasteiger partial charge on any atom is 0.338 e. The summed E-state index contributed by atoms with van der Waals surface area (Å²) in [6, 6.07) is 19.6.